The lowest BCUT2D eigenvalue weighted by Crippen LogP contribution is -2.16. The van der Waals surface area contributed by atoms with Crippen molar-refractivity contribution in [1.29, 1.82) is 0 Å². The van der Waals surface area contributed by atoms with Crippen LogP contribution in [0.1, 0.15) is 25.0 Å². The van der Waals surface area contributed by atoms with Gasteiger partial charge in [-0.1, -0.05) is 190 Å². The summed E-state index contributed by atoms with van der Waals surface area (Å²) in [6, 6.07) is 82.0. The van der Waals surface area contributed by atoms with E-state index in [2.05, 4.69) is 243 Å². The van der Waals surface area contributed by atoms with Crippen LogP contribution >= 0.6 is 0 Å². The van der Waals surface area contributed by atoms with Gasteiger partial charge in [-0.2, -0.15) is 0 Å². The van der Waals surface area contributed by atoms with Gasteiger partial charge in [0.15, 0.2) is 0 Å². The Morgan fingerprint density at radius 2 is 0.892 bits per heavy atom. The second-order valence-electron chi connectivity index (χ2n) is 18.0. The number of hydrogen-bond acceptors (Lipinski definition) is 2. The Bertz CT molecular complexity index is 3840. The highest BCUT2D eigenvalue weighted by atomic mass is 16.3. The molecule has 13 rings (SSSR count). The van der Waals surface area contributed by atoms with Gasteiger partial charge in [0.25, 0.3) is 0 Å². The van der Waals surface area contributed by atoms with Crippen LogP contribution in [0, 0.1) is 0 Å². The fourth-order valence-electron chi connectivity index (χ4n) is 10.8. The van der Waals surface area contributed by atoms with Crippen molar-refractivity contribution in [2.24, 2.45) is 0 Å². The van der Waals surface area contributed by atoms with Crippen LogP contribution in [0.2, 0.25) is 0 Å². The molecule has 0 bridgehead atoms. The summed E-state index contributed by atoms with van der Waals surface area (Å²) in [6.07, 6.45) is 0. The Hall–Kier alpha value is -8.20. The smallest absolute Gasteiger partial charge is 0.143 e. The van der Waals surface area contributed by atoms with E-state index in [1.807, 2.05) is 0 Å². The van der Waals surface area contributed by atoms with Gasteiger partial charge >= 0.3 is 0 Å². The van der Waals surface area contributed by atoms with Crippen LogP contribution in [0.3, 0.4) is 0 Å². The topological polar surface area (TPSA) is 16.4 Å². The minimum Gasteiger partial charge on any atom is -0.455 e. The van der Waals surface area contributed by atoms with E-state index in [0.717, 1.165) is 66.6 Å². The standard InChI is InChI=1S/C63H43NO/c1-63(2)57-23-13-12-20-52(57)53-35-34-48(39-58(53)63)64(46-30-26-42(27-31-46)40-14-4-3-5-15-40)47-32-28-43(29-33-47)49-36-37-56-60-54-21-10-8-18-50(54)51-19-9-11-22-55(51)61(60)65-62(56)59(49)45-25-24-41-16-6-7-17-44(41)38-45/h3-39H,1-2H3. The zero-order valence-corrected chi connectivity index (χ0v) is 36.2. The molecule has 0 radical (unpaired) electrons. The minimum atomic E-state index is -0.123. The van der Waals surface area contributed by atoms with Gasteiger partial charge < -0.3 is 9.32 Å². The second kappa shape index (κ2) is 14.4. The van der Waals surface area contributed by atoms with E-state index in [1.54, 1.807) is 0 Å². The molecular weight excluding hydrogens is 787 g/mol. The summed E-state index contributed by atoms with van der Waals surface area (Å²) >= 11 is 0. The van der Waals surface area contributed by atoms with E-state index in [1.165, 1.54) is 60.3 Å². The van der Waals surface area contributed by atoms with Crippen LogP contribution in [0.25, 0.3) is 98.8 Å². The first kappa shape index (κ1) is 37.4. The van der Waals surface area contributed by atoms with Crippen molar-refractivity contribution >= 4 is 71.3 Å². The summed E-state index contributed by atoms with van der Waals surface area (Å²) in [5.74, 6) is 0. The third-order valence-electron chi connectivity index (χ3n) is 14.0. The molecule has 11 aromatic carbocycles. The van der Waals surface area contributed by atoms with E-state index in [4.69, 9.17) is 4.42 Å². The van der Waals surface area contributed by atoms with E-state index in [0.29, 0.717) is 0 Å². The molecule has 0 amide bonds. The van der Waals surface area contributed by atoms with E-state index < -0.39 is 0 Å². The lowest BCUT2D eigenvalue weighted by atomic mass is 9.82. The normalized spacial score (nSPS) is 12.9. The molecule has 0 N–H and O–H groups in total. The third-order valence-corrected chi connectivity index (χ3v) is 14.0. The fraction of sp³-hybridized carbons (Fsp3) is 0.0476. The molecule has 0 fully saturated rings. The zero-order chi connectivity index (χ0) is 43.2. The summed E-state index contributed by atoms with van der Waals surface area (Å²) in [6.45, 7) is 4.71. The number of rotatable bonds is 6. The Morgan fingerprint density at radius 1 is 0.338 bits per heavy atom. The van der Waals surface area contributed by atoms with Crippen molar-refractivity contribution in [2.75, 3.05) is 4.90 Å². The highest BCUT2D eigenvalue weighted by molar-refractivity contribution is 6.31. The van der Waals surface area contributed by atoms with Crippen molar-refractivity contribution in [1.82, 2.24) is 0 Å². The number of furan rings is 1. The molecule has 1 aromatic heterocycles. The molecule has 0 saturated heterocycles. The Morgan fingerprint density at radius 3 is 1.66 bits per heavy atom. The molecule has 1 heterocycles. The van der Waals surface area contributed by atoms with E-state index in [9.17, 15) is 0 Å². The van der Waals surface area contributed by atoms with Gasteiger partial charge in [-0.3, -0.25) is 0 Å². The summed E-state index contributed by atoms with van der Waals surface area (Å²) in [4.78, 5) is 2.40. The van der Waals surface area contributed by atoms with E-state index >= 15 is 0 Å². The van der Waals surface area contributed by atoms with Crippen LogP contribution in [0.15, 0.2) is 229 Å². The van der Waals surface area contributed by atoms with Gasteiger partial charge in [0.1, 0.15) is 11.2 Å². The van der Waals surface area contributed by atoms with Gasteiger partial charge in [-0.05, 0) is 126 Å². The predicted molar refractivity (Wildman–Crippen MR) is 275 cm³/mol. The number of nitrogens with zero attached hydrogens (tertiary/aromatic N) is 1. The van der Waals surface area contributed by atoms with Gasteiger partial charge in [0, 0.05) is 44.2 Å². The first-order valence-electron chi connectivity index (χ1n) is 22.6. The lowest BCUT2D eigenvalue weighted by Gasteiger charge is -2.28. The van der Waals surface area contributed by atoms with Gasteiger partial charge in [0.2, 0.25) is 0 Å². The van der Waals surface area contributed by atoms with Crippen LogP contribution in [-0.2, 0) is 5.41 Å². The molecular formula is C63H43NO. The Kier molecular flexibility index (Phi) is 8.29. The number of benzene rings is 11. The lowest BCUT2D eigenvalue weighted by molar-refractivity contribution is 0.660. The summed E-state index contributed by atoms with van der Waals surface area (Å²) in [5, 5.41) is 9.47. The maximum atomic E-state index is 7.22. The fourth-order valence-corrected chi connectivity index (χ4v) is 10.8. The molecule has 2 heteroatoms. The van der Waals surface area contributed by atoms with Crippen molar-refractivity contribution in [2.45, 2.75) is 19.3 Å². The number of fused-ring (bicyclic) bond motifs is 12. The van der Waals surface area contributed by atoms with E-state index in [-0.39, 0.29) is 5.41 Å². The predicted octanol–water partition coefficient (Wildman–Crippen LogP) is 17.8. The highest BCUT2D eigenvalue weighted by Crippen LogP contribution is 2.51. The maximum absolute atomic E-state index is 7.22. The molecule has 0 unspecified atom stereocenters. The Labute approximate surface area is 378 Å². The maximum Gasteiger partial charge on any atom is 0.143 e. The molecule has 1 aliphatic carbocycles. The first-order chi connectivity index (χ1) is 32.0. The quantitative estimate of drug-likeness (QED) is 0.155. The number of hydrogen-bond donors (Lipinski definition) is 0. The highest BCUT2D eigenvalue weighted by Gasteiger charge is 2.36. The molecule has 0 spiro atoms. The van der Waals surface area contributed by atoms with Gasteiger partial charge in [-0.25, -0.2) is 0 Å². The van der Waals surface area contributed by atoms with Crippen LogP contribution in [0.4, 0.5) is 17.1 Å². The second-order valence-corrected chi connectivity index (χ2v) is 18.0. The average molecular weight is 830 g/mol. The summed E-state index contributed by atoms with van der Waals surface area (Å²) in [5.41, 5.74) is 17.3. The molecule has 0 atom stereocenters. The van der Waals surface area contributed by atoms with Crippen LogP contribution < -0.4 is 4.90 Å². The zero-order valence-electron chi connectivity index (χ0n) is 36.2. The molecule has 0 aliphatic heterocycles. The van der Waals surface area contributed by atoms with Crippen molar-refractivity contribution < 1.29 is 4.42 Å². The SMILES string of the molecule is CC1(C)c2ccccc2-c2ccc(N(c3ccc(-c4ccccc4)cc3)c3ccc(-c4ccc5c(oc6c7ccccc7c7ccccc7c56)c4-c4ccc5ccccc5c4)cc3)cc21. The monoisotopic (exact) mass is 829 g/mol. The molecule has 65 heavy (non-hydrogen) atoms. The van der Waals surface area contributed by atoms with Crippen molar-refractivity contribution in [3.05, 3.63) is 236 Å². The molecule has 1 aliphatic rings. The van der Waals surface area contributed by atoms with Crippen LogP contribution in [0.5, 0.6) is 0 Å². The van der Waals surface area contributed by atoms with Gasteiger partial charge in [0.05, 0.1) is 0 Å². The largest absolute Gasteiger partial charge is 0.455 e. The summed E-state index contributed by atoms with van der Waals surface area (Å²) < 4.78 is 7.22. The molecule has 2 nitrogen and oxygen atoms in total. The minimum absolute atomic E-state index is 0.123. The Balaban J connectivity index is 0.998. The average Bonchev–Trinajstić information content (AvgIpc) is 3.87. The number of anilines is 3. The molecule has 306 valence electrons. The molecule has 0 saturated carbocycles. The first-order valence-corrected chi connectivity index (χ1v) is 22.6. The third kappa shape index (κ3) is 5.81. The van der Waals surface area contributed by atoms with Crippen LogP contribution in [-0.4, -0.2) is 0 Å². The van der Waals surface area contributed by atoms with Crippen molar-refractivity contribution in [3.63, 3.8) is 0 Å². The van der Waals surface area contributed by atoms with Crippen molar-refractivity contribution in [3.8, 4) is 44.5 Å². The van der Waals surface area contributed by atoms with Gasteiger partial charge in [-0.15, -0.1) is 0 Å². The molecule has 12 aromatic rings. The summed E-state index contributed by atoms with van der Waals surface area (Å²) in [7, 11) is 0.